The van der Waals surface area contributed by atoms with Crippen LogP contribution in [0, 0.1) is 11.3 Å². The van der Waals surface area contributed by atoms with Gasteiger partial charge in [0, 0.05) is 11.5 Å². The first-order chi connectivity index (χ1) is 13.4. The van der Waals surface area contributed by atoms with Crippen molar-refractivity contribution in [2.45, 2.75) is 69.2 Å². The molecule has 3 aliphatic rings. The molecule has 5 rings (SSSR count). The molecule has 2 N–H and O–H groups in total. The molecule has 0 bridgehead atoms. The van der Waals surface area contributed by atoms with Crippen LogP contribution in [0.25, 0.3) is 0 Å². The minimum absolute atomic E-state index is 0.224. The lowest BCUT2D eigenvalue weighted by Crippen LogP contribution is -2.73. The molecule has 0 radical (unpaired) electrons. The molecule has 2 fully saturated rings. The van der Waals surface area contributed by atoms with E-state index in [0.717, 1.165) is 30.6 Å². The van der Waals surface area contributed by atoms with Gasteiger partial charge < -0.3 is 14.9 Å². The molecule has 2 saturated carbocycles. The van der Waals surface area contributed by atoms with E-state index in [4.69, 9.17) is 4.74 Å². The molecular weight excluding hydrogens is 348 g/mol. The number of fused-ring (bicyclic) bond motifs is 1. The second-order valence-corrected chi connectivity index (χ2v) is 9.48. The predicted molar refractivity (Wildman–Crippen MR) is 109 cm³/mol. The Kier molecular flexibility index (Phi) is 3.95. The van der Waals surface area contributed by atoms with Crippen LogP contribution in [0.15, 0.2) is 54.6 Å². The lowest BCUT2D eigenvalue weighted by atomic mass is 9.43. The Bertz CT molecular complexity index is 876. The monoisotopic (exact) mass is 378 g/mol. The summed E-state index contributed by atoms with van der Waals surface area (Å²) in [5.41, 5.74) is -0.299. The summed E-state index contributed by atoms with van der Waals surface area (Å²) in [5.74, 6) is 1.28. The van der Waals surface area contributed by atoms with Crippen LogP contribution in [0.5, 0.6) is 5.75 Å². The summed E-state index contributed by atoms with van der Waals surface area (Å²) in [6, 6.07) is 18.4. The molecule has 6 atom stereocenters. The van der Waals surface area contributed by atoms with E-state index in [9.17, 15) is 10.2 Å². The van der Waals surface area contributed by atoms with Gasteiger partial charge in [-0.1, -0.05) is 61.9 Å². The van der Waals surface area contributed by atoms with Gasteiger partial charge in [0.2, 0.25) is 0 Å². The third-order valence-corrected chi connectivity index (χ3v) is 8.29. The van der Waals surface area contributed by atoms with E-state index >= 15 is 0 Å². The zero-order valence-electron chi connectivity index (χ0n) is 16.8. The molecule has 0 amide bonds. The number of hydrogen-bond donors (Lipinski definition) is 2. The highest BCUT2D eigenvalue weighted by Crippen LogP contribution is 2.69. The highest BCUT2D eigenvalue weighted by Gasteiger charge is 2.72. The van der Waals surface area contributed by atoms with Crippen LogP contribution in [-0.2, 0) is 0 Å². The van der Waals surface area contributed by atoms with Crippen molar-refractivity contribution in [3.05, 3.63) is 65.7 Å². The fourth-order valence-corrected chi connectivity index (χ4v) is 6.70. The molecule has 0 aromatic heterocycles. The molecule has 1 aliphatic heterocycles. The third-order valence-electron chi connectivity index (χ3n) is 8.29. The predicted octanol–water partition coefficient (Wildman–Crippen LogP) is 4.99. The van der Waals surface area contributed by atoms with E-state index in [1.165, 1.54) is 12.0 Å². The molecule has 1 spiro atoms. The smallest absolute Gasteiger partial charge is 0.126 e. The first-order valence-corrected chi connectivity index (χ1v) is 10.6. The number of hydrogen-bond acceptors (Lipinski definition) is 3. The molecule has 0 saturated heterocycles. The van der Waals surface area contributed by atoms with Gasteiger partial charge >= 0.3 is 0 Å². The molecule has 2 aromatic rings. The number of aliphatic hydroxyl groups is 2. The van der Waals surface area contributed by atoms with Crippen LogP contribution >= 0.6 is 0 Å². The van der Waals surface area contributed by atoms with Crippen molar-refractivity contribution in [2.24, 2.45) is 11.3 Å². The maximum atomic E-state index is 11.9. The van der Waals surface area contributed by atoms with Crippen molar-refractivity contribution in [3.63, 3.8) is 0 Å². The normalized spacial score (nSPS) is 41.9. The van der Waals surface area contributed by atoms with Crippen LogP contribution in [0.3, 0.4) is 0 Å². The molecule has 0 unspecified atom stereocenters. The number of aliphatic hydroxyl groups excluding tert-OH is 1. The first kappa shape index (κ1) is 18.2. The Labute approximate surface area is 167 Å². The molecule has 1 heterocycles. The summed E-state index contributed by atoms with van der Waals surface area (Å²) in [6.07, 6.45) is 4.08. The van der Waals surface area contributed by atoms with E-state index in [-0.39, 0.29) is 11.8 Å². The maximum absolute atomic E-state index is 11.9. The maximum Gasteiger partial charge on any atom is 0.126 e. The Morgan fingerprint density at radius 3 is 2.46 bits per heavy atom. The first-order valence-electron chi connectivity index (χ1n) is 10.6. The summed E-state index contributed by atoms with van der Waals surface area (Å²) >= 11 is 0. The summed E-state index contributed by atoms with van der Waals surface area (Å²) in [6.45, 7) is 3.98. The van der Waals surface area contributed by atoms with Gasteiger partial charge in [0.25, 0.3) is 0 Å². The Morgan fingerprint density at radius 2 is 1.68 bits per heavy atom. The molecule has 28 heavy (non-hydrogen) atoms. The molecule has 2 aliphatic carbocycles. The number of para-hydroxylation sites is 1. The van der Waals surface area contributed by atoms with E-state index in [1.807, 2.05) is 37.3 Å². The molecule has 3 nitrogen and oxygen atoms in total. The Balaban J connectivity index is 1.73. The van der Waals surface area contributed by atoms with Crippen LogP contribution in [0.4, 0.5) is 0 Å². The van der Waals surface area contributed by atoms with Crippen LogP contribution in [0.2, 0.25) is 0 Å². The summed E-state index contributed by atoms with van der Waals surface area (Å²) in [4.78, 5) is 0. The molecular formula is C25H30O3. The summed E-state index contributed by atoms with van der Waals surface area (Å²) in [7, 11) is 0. The number of benzene rings is 2. The van der Waals surface area contributed by atoms with Gasteiger partial charge in [-0.25, -0.2) is 0 Å². The SMILES string of the molecule is C[C@@]12[C@H](O)c3ccccc3O[C@]13CCCC[C@@H]3[C@@H](c1ccccc1)C[C@]2(C)O. The lowest BCUT2D eigenvalue weighted by Gasteiger charge is -2.68. The fourth-order valence-electron chi connectivity index (χ4n) is 6.70. The zero-order valence-corrected chi connectivity index (χ0v) is 16.8. The minimum atomic E-state index is -1.05. The Morgan fingerprint density at radius 1 is 0.964 bits per heavy atom. The fraction of sp³-hybridized carbons (Fsp3) is 0.520. The largest absolute Gasteiger partial charge is 0.486 e. The van der Waals surface area contributed by atoms with Gasteiger partial charge in [-0.3, -0.25) is 0 Å². The highest BCUT2D eigenvalue weighted by atomic mass is 16.5. The van der Waals surface area contributed by atoms with Crippen molar-refractivity contribution >= 4 is 0 Å². The standard InChI is InChI=1S/C25H30O3/c1-23(27)16-19(17-10-4-3-5-11-17)20-13-8-9-15-25(20)24(23,2)22(26)18-12-6-7-14-21(18)28-25/h3-7,10-12,14,19-20,22,26-27H,8-9,13,15-16H2,1-2H3/t19-,20-,22-,23+,24+,25+/m1/s1. The van der Waals surface area contributed by atoms with Gasteiger partial charge in [0.1, 0.15) is 11.4 Å². The van der Waals surface area contributed by atoms with Gasteiger partial charge in [-0.15, -0.1) is 0 Å². The average molecular weight is 379 g/mol. The van der Waals surface area contributed by atoms with E-state index in [0.29, 0.717) is 6.42 Å². The van der Waals surface area contributed by atoms with Crippen LogP contribution < -0.4 is 4.74 Å². The average Bonchev–Trinajstić information content (AvgIpc) is 2.71. The van der Waals surface area contributed by atoms with E-state index < -0.39 is 22.7 Å². The van der Waals surface area contributed by atoms with Gasteiger partial charge in [0.05, 0.1) is 17.1 Å². The van der Waals surface area contributed by atoms with Crippen molar-refractivity contribution in [1.29, 1.82) is 0 Å². The van der Waals surface area contributed by atoms with Gasteiger partial charge in [-0.05, 0) is 50.2 Å². The topological polar surface area (TPSA) is 49.7 Å². The second kappa shape index (κ2) is 6.08. The third kappa shape index (κ3) is 2.18. The van der Waals surface area contributed by atoms with Gasteiger partial charge in [0.15, 0.2) is 0 Å². The molecule has 3 heteroatoms. The van der Waals surface area contributed by atoms with E-state index in [2.05, 4.69) is 31.2 Å². The lowest BCUT2D eigenvalue weighted by molar-refractivity contribution is -0.286. The quantitative estimate of drug-likeness (QED) is 0.735. The van der Waals surface area contributed by atoms with Crippen LogP contribution in [-0.4, -0.2) is 21.4 Å². The van der Waals surface area contributed by atoms with Crippen molar-refractivity contribution < 1.29 is 14.9 Å². The van der Waals surface area contributed by atoms with Crippen molar-refractivity contribution in [3.8, 4) is 5.75 Å². The molecule has 148 valence electrons. The number of ether oxygens (including phenoxy) is 1. The second-order valence-electron chi connectivity index (χ2n) is 9.48. The summed E-state index contributed by atoms with van der Waals surface area (Å²) < 4.78 is 6.87. The number of rotatable bonds is 1. The van der Waals surface area contributed by atoms with Crippen LogP contribution in [0.1, 0.15) is 69.1 Å². The van der Waals surface area contributed by atoms with Crippen molar-refractivity contribution in [2.75, 3.05) is 0 Å². The zero-order chi connectivity index (χ0) is 19.6. The highest BCUT2D eigenvalue weighted by molar-refractivity contribution is 5.44. The van der Waals surface area contributed by atoms with E-state index in [1.54, 1.807) is 0 Å². The summed E-state index contributed by atoms with van der Waals surface area (Å²) in [5, 5.41) is 23.5. The molecule has 2 aromatic carbocycles. The van der Waals surface area contributed by atoms with Gasteiger partial charge in [-0.2, -0.15) is 0 Å². The minimum Gasteiger partial charge on any atom is -0.486 e. The Hall–Kier alpha value is -1.84. The van der Waals surface area contributed by atoms with Crippen molar-refractivity contribution in [1.82, 2.24) is 0 Å².